The maximum atomic E-state index is 11.5. The number of rotatable bonds is 9. The summed E-state index contributed by atoms with van der Waals surface area (Å²) in [4.78, 5) is 6.76. The molecule has 0 aromatic heterocycles. The average Bonchev–Trinajstić information content (AvgIpc) is 3.17. The third kappa shape index (κ3) is 8.94. The molecule has 0 amide bonds. The third-order valence-electron chi connectivity index (χ3n) is 4.91. The number of aliphatic imine (C=N–C) groups is 1. The number of hydrogen-bond donors (Lipinski definition) is 3. The van der Waals surface area contributed by atoms with Crippen molar-refractivity contribution in [3.63, 3.8) is 0 Å². The first-order chi connectivity index (χ1) is 13.6. The lowest BCUT2D eigenvalue weighted by molar-refractivity contribution is 0.244. The van der Waals surface area contributed by atoms with E-state index in [1.165, 1.54) is 18.4 Å². The van der Waals surface area contributed by atoms with Crippen molar-refractivity contribution in [3.05, 3.63) is 29.8 Å². The van der Waals surface area contributed by atoms with E-state index in [1.54, 1.807) is 14.2 Å². The third-order valence-corrected chi connectivity index (χ3v) is 5.83. The Balaban J connectivity index is 0.00000450. The molecule has 3 N–H and O–H groups in total. The minimum atomic E-state index is -3.28. The molecule has 10 heteroatoms. The lowest BCUT2D eigenvalue weighted by Crippen LogP contribution is -2.53. The van der Waals surface area contributed by atoms with Gasteiger partial charge in [0, 0.05) is 25.7 Å². The van der Waals surface area contributed by atoms with Gasteiger partial charge in [-0.2, -0.15) is 0 Å². The number of nitrogens with one attached hydrogen (secondary N) is 3. The van der Waals surface area contributed by atoms with Gasteiger partial charge in [0.25, 0.3) is 0 Å². The summed E-state index contributed by atoms with van der Waals surface area (Å²) in [6, 6.07) is 8.38. The van der Waals surface area contributed by atoms with Gasteiger partial charge in [-0.1, -0.05) is 12.1 Å². The Morgan fingerprint density at radius 2 is 1.93 bits per heavy atom. The summed E-state index contributed by atoms with van der Waals surface area (Å²) in [6.45, 7) is 6.90. The van der Waals surface area contributed by atoms with Gasteiger partial charge in [0.1, 0.15) is 5.75 Å². The Hall–Kier alpha value is -1.11. The molecule has 1 saturated heterocycles. The van der Waals surface area contributed by atoms with Crippen LogP contribution < -0.4 is 20.1 Å². The molecule has 0 radical (unpaired) electrons. The summed E-state index contributed by atoms with van der Waals surface area (Å²) < 4.78 is 31.1. The van der Waals surface area contributed by atoms with Crippen LogP contribution in [0.2, 0.25) is 0 Å². The Morgan fingerprint density at radius 1 is 1.27 bits per heavy atom. The number of likely N-dealkylation sites (tertiary alicyclic amines) is 1. The van der Waals surface area contributed by atoms with Gasteiger partial charge in [-0.15, -0.1) is 24.0 Å². The molecule has 1 aromatic carbocycles. The molecule has 1 fully saturated rings. The van der Waals surface area contributed by atoms with Gasteiger partial charge in [0.05, 0.1) is 19.4 Å². The van der Waals surface area contributed by atoms with Crippen molar-refractivity contribution in [3.8, 4) is 5.75 Å². The molecule has 1 unspecified atom stereocenters. The fourth-order valence-corrected chi connectivity index (χ4v) is 4.69. The van der Waals surface area contributed by atoms with Crippen LogP contribution >= 0.6 is 24.0 Å². The van der Waals surface area contributed by atoms with Crippen molar-refractivity contribution in [2.45, 2.75) is 38.3 Å². The molecule has 1 aliphatic rings. The zero-order valence-corrected chi connectivity index (χ0v) is 21.7. The summed E-state index contributed by atoms with van der Waals surface area (Å²) in [5.74, 6) is 1.49. The van der Waals surface area contributed by atoms with Crippen LogP contribution in [-0.2, 0) is 10.0 Å². The van der Waals surface area contributed by atoms with Gasteiger partial charge in [-0.3, -0.25) is 9.89 Å². The summed E-state index contributed by atoms with van der Waals surface area (Å²) in [7, 11) is 0.107. The Bertz CT molecular complexity index is 795. The van der Waals surface area contributed by atoms with Gasteiger partial charge < -0.3 is 15.4 Å². The van der Waals surface area contributed by atoms with E-state index in [1.807, 2.05) is 26.0 Å². The number of sulfonamides is 1. The molecule has 1 aromatic rings. The SMILES string of the molecule is CN=C(NCC(c1cccc(OC)c1)N1CCCC1)NCC(C)(C)NS(C)(=O)=O.I. The number of methoxy groups -OCH3 is 1. The summed E-state index contributed by atoms with van der Waals surface area (Å²) >= 11 is 0. The monoisotopic (exact) mass is 553 g/mol. The van der Waals surface area contributed by atoms with Gasteiger partial charge in [-0.25, -0.2) is 13.1 Å². The molecule has 1 aliphatic heterocycles. The van der Waals surface area contributed by atoms with Crippen LogP contribution in [0.1, 0.15) is 38.3 Å². The first-order valence-electron chi connectivity index (χ1n) is 9.95. The highest BCUT2D eigenvalue weighted by molar-refractivity contribution is 14.0. The van der Waals surface area contributed by atoms with Crippen LogP contribution in [0.3, 0.4) is 0 Å². The van der Waals surface area contributed by atoms with E-state index < -0.39 is 15.6 Å². The van der Waals surface area contributed by atoms with E-state index in [9.17, 15) is 8.42 Å². The molecule has 8 nitrogen and oxygen atoms in total. The highest BCUT2D eigenvalue weighted by Gasteiger charge is 2.25. The predicted molar refractivity (Wildman–Crippen MR) is 133 cm³/mol. The fourth-order valence-electron chi connectivity index (χ4n) is 3.62. The standard InChI is InChI=1S/C20H35N5O3S.HI/c1-20(2,24-29(5,26)27)15-23-19(21-3)22-14-18(25-11-6-7-12-25)16-9-8-10-17(13-16)28-4;/h8-10,13,18,24H,6-7,11-12,14-15H2,1-5H3,(H2,21,22,23);1H. The summed E-state index contributed by atoms with van der Waals surface area (Å²) in [6.07, 6.45) is 3.58. The van der Waals surface area contributed by atoms with Crippen LogP contribution in [0.5, 0.6) is 5.75 Å². The molecule has 172 valence electrons. The second-order valence-electron chi connectivity index (χ2n) is 8.10. The number of hydrogen-bond acceptors (Lipinski definition) is 5. The predicted octanol–water partition coefficient (Wildman–Crippen LogP) is 1.94. The Labute approximate surface area is 198 Å². The lowest BCUT2D eigenvalue weighted by Gasteiger charge is -2.30. The van der Waals surface area contributed by atoms with Crippen LogP contribution in [0.25, 0.3) is 0 Å². The molecule has 0 bridgehead atoms. The van der Waals surface area contributed by atoms with E-state index in [2.05, 4.69) is 37.4 Å². The summed E-state index contributed by atoms with van der Waals surface area (Å²) in [5.41, 5.74) is 0.570. The second kappa shape index (κ2) is 12.1. The molecule has 0 aliphatic carbocycles. The molecule has 2 rings (SSSR count). The van der Waals surface area contributed by atoms with Crippen LogP contribution in [0, 0.1) is 0 Å². The Morgan fingerprint density at radius 3 is 2.50 bits per heavy atom. The molecule has 1 heterocycles. The van der Waals surface area contributed by atoms with E-state index in [-0.39, 0.29) is 30.0 Å². The molecule has 0 saturated carbocycles. The van der Waals surface area contributed by atoms with E-state index in [0.717, 1.165) is 25.1 Å². The fraction of sp³-hybridized carbons (Fsp3) is 0.650. The quantitative estimate of drug-likeness (QED) is 0.246. The van der Waals surface area contributed by atoms with Crippen molar-refractivity contribution in [1.82, 2.24) is 20.3 Å². The summed E-state index contributed by atoms with van der Waals surface area (Å²) in [5, 5.41) is 6.62. The van der Waals surface area contributed by atoms with Gasteiger partial charge >= 0.3 is 0 Å². The van der Waals surface area contributed by atoms with Crippen LogP contribution in [0.4, 0.5) is 0 Å². The van der Waals surface area contributed by atoms with Crippen molar-refractivity contribution in [2.75, 3.05) is 46.6 Å². The number of benzene rings is 1. The second-order valence-corrected chi connectivity index (χ2v) is 9.85. The highest BCUT2D eigenvalue weighted by atomic mass is 127. The first kappa shape index (κ1) is 26.9. The minimum absolute atomic E-state index is 0. The number of ether oxygens (including phenoxy) is 1. The zero-order valence-electron chi connectivity index (χ0n) is 18.6. The van der Waals surface area contributed by atoms with Crippen molar-refractivity contribution >= 4 is 40.0 Å². The van der Waals surface area contributed by atoms with Crippen molar-refractivity contribution < 1.29 is 13.2 Å². The highest BCUT2D eigenvalue weighted by Crippen LogP contribution is 2.27. The van der Waals surface area contributed by atoms with Gasteiger partial charge in [0.2, 0.25) is 10.0 Å². The van der Waals surface area contributed by atoms with Crippen molar-refractivity contribution in [2.24, 2.45) is 4.99 Å². The van der Waals surface area contributed by atoms with Crippen LogP contribution in [-0.4, -0.2) is 71.4 Å². The van der Waals surface area contributed by atoms with Gasteiger partial charge in [0.15, 0.2) is 5.96 Å². The maximum absolute atomic E-state index is 11.5. The first-order valence-corrected chi connectivity index (χ1v) is 11.8. The Kier molecular flexibility index (Phi) is 10.8. The number of halogens is 1. The lowest BCUT2D eigenvalue weighted by atomic mass is 10.0. The molecular formula is C20H36IN5O3S. The molecular weight excluding hydrogens is 517 g/mol. The maximum Gasteiger partial charge on any atom is 0.209 e. The van der Waals surface area contributed by atoms with E-state index >= 15 is 0 Å². The van der Waals surface area contributed by atoms with E-state index in [0.29, 0.717) is 19.0 Å². The van der Waals surface area contributed by atoms with Crippen LogP contribution in [0.15, 0.2) is 29.3 Å². The van der Waals surface area contributed by atoms with Gasteiger partial charge in [-0.05, 0) is 57.5 Å². The topological polar surface area (TPSA) is 95.1 Å². The average molecular weight is 554 g/mol. The van der Waals surface area contributed by atoms with E-state index in [4.69, 9.17) is 4.74 Å². The zero-order chi connectivity index (χ0) is 21.5. The largest absolute Gasteiger partial charge is 0.497 e. The minimum Gasteiger partial charge on any atom is -0.497 e. The number of guanidine groups is 1. The molecule has 1 atom stereocenters. The smallest absolute Gasteiger partial charge is 0.209 e. The molecule has 30 heavy (non-hydrogen) atoms. The molecule has 0 spiro atoms. The normalized spacial score (nSPS) is 16.6. The number of nitrogens with zero attached hydrogens (tertiary/aromatic N) is 2. The van der Waals surface area contributed by atoms with Crippen molar-refractivity contribution in [1.29, 1.82) is 0 Å².